The SMILES string of the molecule is CC(Sc1ccc(Br)cc1)C(=O)OC1CN(C)C[N+]1([O-])c1ncc(Br)s1. The van der Waals surface area contributed by atoms with Crippen molar-refractivity contribution < 1.29 is 9.53 Å². The van der Waals surface area contributed by atoms with E-state index in [1.807, 2.05) is 36.2 Å². The molecule has 1 aliphatic heterocycles. The smallest absolute Gasteiger partial charge is 0.323 e. The Labute approximate surface area is 177 Å². The number of benzene rings is 1. The normalized spacial score (nSPS) is 24.6. The molecule has 1 aromatic heterocycles. The molecule has 2 heterocycles. The Bertz CT molecular complexity index is 789. The second kappa shape index (κ2) is 8.26. The van der Waals surface area contributed by atoms with Crippen molar-refractivity contribution in [2.45, 2.75) is 23.3 Å². The maximum Gasteiger partial charge on any atom is 0.323 e. The standard InChI is InChI=1S/C16H17Br2N3O3S2/c1-10(25-12-5-3-11(17)4-6-12)15(22)24-14-8-20(2)9-21(14,23)16-19-7-13(18)26-16/h3-7,10,14H,8-9H2,1-2H3. The van der Waals surface area contributed by atoms with E-state index in [1.165, 1.54) is 23.1 Å². The minimum absolute atomic E-state index is 0.201. The van der Waals surface area contributed by atoms with Crippen LogP contribution in [0.4, 0.5) is 5.13 Å². The summed E-state index contributed by atoms with van der Waals surface area (Å²) < 4.78 is 6.61. The highest BCUT2D eigenvalue weighted by Gasteiger charge is 2.45. The molecule has 0 aliphatic carbocycles. The van der Waals surface area contributed by atoms with Crippen LogP contribution >= 0.6 is 55.0 Å². The predicted octanol–water partition coefficient (Wildman–Crippen LogP) is 4.43. The summed E-state index contributed by atoms with van der Waals surface area (Å²) in [6.45, 7) is 2.36. The molecule has 6 nitrogen and oxygen atoms in total. The summed E-state index contributed by atoms with van der Waals surface area (Å²) in [5.74, 6) is -0.396. The highest BCUT2D eigenvalue weighted by atomic mass is 79.9. The fourth-order valence-electron chi connectivity index (χ4n) is 2.63. The summed E-state index contributed by atoms with van der Waals surface area (Å²) in [7, 11) is 1.83. The zero-order valence-electron chi connectivity index (χ0n) is 14.1. The van der Waals surface area contributed by atoms with Gasteiger partial charge in [-0.05, 0) is 65.5 Å². The molecule has 0 amide bonds. The third-order valence-electron chi connectivity index (χ3n) is 3.88. The number of aromatic nitrogens is 1. The Hall–Kier alpha value is -0.490. The third-order valence-corrected chi connectivity index (χ3v) is 7.09. The number of rotatable bonds is 5. The lowest BCUT2D eigenvalue weighted by atomic mass is 10.4. The van der Waals surface area contributed by atoms with E-state index < -0.39 is 22.1 Å². The topological polar surface area (TPSA) is 65.5 Å². The first kappa shape index (κ1) is 20.2. The van der Waals surface area contributed by atoms with Crippen molar-refractivity contribution in [2.24, 2.45) is 0 Å². The highest BCUT2D eigenvalue weighted by Crippen LogP contribution is 2.37. The molecule has 1 fully saturated rings. The molecular formula is C16H17Br2N3O3S2. The number of thioether (sulfide) groups is 1. The summed E-state index contributed by atoms with van der Waals surface area (Å²) in [5, 5.41) is 13.3. The Morgan fingerprint density at radius 2 is 2.15 bits per heavy atom. The van der Waals surface area contributed by atoms with Gasteiger partial charge in [0.15, 0.2) is 0 Å². The van der Waals surface area contributed by atoms with Crippen LogP contribution in [0.2, 0.25) is 0 Å². The molecule has 1 saturated heterocycles. The van der Waals surface area contributed by atoms with Crippen LogP contribution in [0.25, 0.3) is 0 Å². The Balaban J connectivity index is 1.69. The number of esters is 1. The molecule has 1 aliphatic rings. The number of carbonyl (C=O) groups is 1. The molecule has 2 aromatic rings. The van der Waals surface area contributed by atoms with Crippen LogP contribution < -0.4 is 4.65 Å². The summed E-state index contributed by atoms with van der Waals surface area (Å²) in [6, 6.07) is 7.71. The van der Waals surface area contributed by atoms with Crippen molar-refractivity contribution in [3.63, 3.8) is 0 Å². The monoisotopic (exact) mass is 521 g/mol. The van der Waals surface area contributed by atoms with Crippen LogP contribution in [0, 0.1) is 5.21 Å². The Morgan fingerprint density at radius 1 is 1.46 bits per heavy atom. The summed E-state index contributed by atoms with van der Waals surface area (Å²) in [5.41, 5.74) is 0. The van der Waals surface area contributed by atoms with Gasteiger partial charge in [-0.1, -0.05) is 15.9 Å². The van der Waals surface area contributed by atoms with Gasteiger partial charge in [0.05, 0.1) is 16.5 Å². The highest BCUT2D eigenvalue weighted by molar-refractivity contribution is 9.11. The van der Waals surface area contributed by atoms with Crippen molar-refractivity contribution in [1.29, 1.82) is 0 Å². The van der Waals surface area contributed by atoms with Gasteiger partial charge in [-0.2, -0.15) is 4.98 Å². The van der Waals surface area contributed by atoms with Crippen LogP contribution in [0.5, 0.6) is 0 Å². The minimum Gasteiger partial charge on any atom is -0.622 e. The fourth-order valence-corrected chi connectivity index (χ4v) is 5.00. The number of nitrogens with zero attached hydrogens (tertiary/aromatic N) is 3. The third kappa shape index (κ3) is 4.49. The predicted molar refractivity (Wildman–Crippen MR) is 112 cm³/mol. The van der Waals surface area contributed by atoms with Gasteiger partial charge in [0.2, 0.25) is 0 Å². The van der Waals surface area contributed by atoms with Gasteiger partial charge in [-0.3, -0.25) is 9.44 Å². The number of likely N-dealkylation sites (N-methyl/N-ethyl adjacent to an activating group) is 1. The van der Waals surface area contributed by atoms with Crippen LogP contribution in [0.15, 0.2) is 43.6 Å². The van der Waals surface area contributed by atoms with E-state index in [9.17, 15) is 10.0 Å². The van der Waals surface area contributed by atoms with Crippen molar-refractivity contribution >= 4 is 66.1 Å². The fraction of sp³-hybridized carbons (Fsp3) is 0.375. The molecule has 0 radical (unpaired) electrons. The first-order chi connectivity index (χ1) is 12.3. The van der Waals surface area contributed by atoms with Gasteiger partial charge in [0.25, 0.3) is 11.4 Å². The molecule has 3 unspecified atom stereocenters. The van der Waals surface area contributed by atoms with E-state index in [0.717, 1.165) is 13.2 Å². The number of thiazole rings is 1. The van der Waals surface area contributed by atoms with E-state index in [4.69, 9.17) is 4.74 Å². The van der Waals surface area contributed by atoms with Crippen LogP contribution in [-0.2, 0) is 9.53 Å². The van der Waals surface area contributed by atoms with Crippen LogP contribution in [0.1, 0.15) is 6.92 Å². The van der Waals surface area contributed by atoms with Gasteiger partial charge in [0.1, 0.15) is 11.9 Å². The molecule has 10 heteroatoms. The number of quaternary nitrogens is 1. The number of hydroxylamine groups is 2. The molecule has 140 valence electrons. The van der Waals surface area contributed by atoms with E-state index in [0.29, 0.717) is 11.7 Å². The quantitative estimate of drug-likeness (QED) is 0.250. The second-order valence-corrected chi connectivity index (χ2v) is 10.7. The Kier molecular flexibility index (Phi) is 6.43. The average Bonchev–Trinajstić information content (AvgIpc) is 3.14. The van der Waals surface area contributed by atoms with Gasteiger partial charge < -0.3 is 9.94 Å². The molecule has 3 atom stereocenters. The Morgan fingerprint density at radius 3 is 2.77 bits per heavy atom. The summed E-state index contributed by atoms with van der Waals surface area (Å²) >= 11 is 9.40. The van der Waals surface area contributed by atoms with E-state index in [2.05, 4.69) is 36.8 Å². The first-order valence-corrected chi connectivity index (χ1v) is 11.1. The van der Waals surface area contributed by atoms with Crippen molar-refractivity contribution in [3.05, 3.63) is 43.9 Å². The minimum atomic E-state index is -0.821. The molecule has 0 bridgehead atoms. The second-order valence-electron chi connectivity index (χ2n) is 6.03. The molecule has 0 N–H and O–H groups in total. The van der Waals surface area contributed by atoms with Gasteiger partial charge in [0, 0.05) is 9.37 Å². The zero-order chi connectivity index (χ0) is 18.9. The van der Waals surface area contributed by atoms with Crippen LogP contribution in [-0.4, -0.2) is 47.6 Å². The van der Waals surface area contributed by atoms with Gasteiger partial charge in [-0.25, -0.2) is 4.90 Å². The molecule has 1 aromatic carbocycles. The molecule has 3 rings (SSSR count). The lowest BCUT2D eigenvalue weighted by Gasteiger charge is -2.38. The molecular weight excluding hydrogens is 506 g/mol. The molecule has 0 saturated carbocycles. The maximum absolute atomic E-state index is 13.3. The maximum atomic E-state index is 13.3. The van der Waals surface area contributed by atoms with Crippen LogP contribution in [0.3, 0.4) is 0 Å². The summed E-state index contributed by atoms with van der Waals surface area (Å²) in [4.78, 5) is 19.6. The van der Waals surface area contributed by atoms with E-state index in [1.54, 1.807) is 13.1 Å². The van der Waals surface area contributed by atoms with Crippen molar-refractivity contribution in [1.82, 2.24) is 14.5 Å². The lowest BCUT2D eigenvalue weighted by molar-refractivity contribution is -0.152. The largest absolute Gasteiger partial charge is 0.622 e. The lowest BCUT2D eigenvalue weighted by Crippen LogP contribution is -2.51. The number of hydrogen-bond donors (Lipinski definition) is 0. The number of carbonyl (C=O) groups excluding carboxylic acids is 1. The van der Waals surface area contributed by atoms with Crippen molar-refractivity contribution in [2.75, 3.05) is 20.3 Å². The zero-order valence-corrected chi connectivity index (χ0v) is 18.9. The number of halogens is 2. The van der Waals surface area contributed by atoms with E-state index in [-0.39, 0.29) is 6.67 Å². The first-order valence-electron chi connectivity index (χ1n) is 7.80. The average molecular weight is 523 g/mol. The van der Waals surface area contributed by atoms with Gasteiger partial charge >= 0.3 is 5.97 Å². The molecule has 0 spiro atoms. The molecule has 26 heavy (non-hydrogen) atoms. The number of hydrogen-bond acceptors (Lipinski definition) is 7. The summed E-state index contributed by atoms with van der Waals surface area (Å²) in [6.07, 6.45) is 0.778. The van der Waals surface area contributed by atoms with Gasteiger partial charge in [-0.15, -0.1) is 11.8 Å². The van der Waals surface area contributed by atoms with E-state index >= 15 is 0 Å². The number of ether oxygens (including phenoxy) is 1. The van der Waals surface area contributed by atoms with Crippen molar-refractivity contribution in [3.8, 4) is 0 Å².